The minimum Gasteiger partial charge on any atom is -0.495 e. The first kappa shape index (κ1) is 23.3. The van der Waals surface area contributed by atoms with Crippen LogP contribution in [0, 0.1) is 6.92 Å². The lowest BCUT2D eigenvalue weighted by molar-refractivity contribution is 0.0472. The van der Waals surface area contributed by atoms with Crippen LogP contribution in [0.15, 0.2) is 53.4 Å². The first-order valence-electron chi connectivity index (χ1n) is 10.5. The molecule has 10 heteroatoms. The predicted octanol–water partition coefficient (Wildman–Crippen LogP) is 3.98. The number of hydrogen-bond donors (Lipinski definition) is 0. The minimum absolute atomic E-state index is 0.0486. The lowest BCUT2D eigenvalue weighted by Gasteiger charge is -2.18. The number of ether oxygens (including phenoxy) is 2. The van der Waals surface area contributed by atoms with Crippen molar-refractivity contribution in [3.63, 3.8) is 0 Å². The van der Waals surface area contributed by atoms with Crippen molar-refractivity contribution in [2.24, 2.45) is 0 Å². The van der Waals surface area contributed by atoms with Gasteiger partial charge in [0.25, 0.3) is 0 Å². The number of esters is 1. The highest BCUT2D eigenvalue weighted by atomic mass is 35.5. The monoisotopic (exact) mass is 489 g/mol. The van der Waals surface area contributed by atoms with E-state index in [-0.39, 0.29) is 22.8 Å². The van der Waals surface area contributed by atoms with Crippen molar-refractivity contribution < 1.29 is 22.7 Å². The van der Waals surface area contributed by atoms with E-state index in [9.17, 15) is 13.2 Å². The maximum atomic E-state index is 13.1. The van der Waals surface area contributed by atoms with Crippen molar-refractivity contribution in [3.05, 3.63) is 70.5 Å². The quantitative estimate of drug-likeness (QED) is 0.466. The molecule has 1 fully saturated rings. The average molecular weight is 490 g/mol. The van der Waals surface area contributed by atoms with Gasteiger partial charge in [-0.15, -0.1) is 0 Å². The van der Waals surface area contributed by atoms with Crippen LogP contribution >= 0.6 is 11.6 Å². The molecular weight excluding hydrogens is 466 g/mol. The van der Waals surface area contributed by atoms with Crippen molar-refractivity contribution in [2.45, 2.75) is 31.3 Å². The number of halogens is 1. The van der Waals surface area contributed by atoms with Crippen LogP contribution in [0.25, 0.3) is 5.69 Å². The molecule has 0 bridgehead atoms. The van der Waals surface area contributed by atoms with Crippen LogP contribution in [-0.2, 0) is 21.4 Å². The second kappa shape index (κ2) is 9.54. The highest BCUT2D eigenvalue weighted by Crippen LogP contribution is 2.30. The summed E-state index contributed by atoms with van der Waals surface area (Å²) < 4.78 is 39.8. The van der Waals surface area contributed by atoms with Crippen molar-refractivity contribution in [3.8, 4) is 11.4 Å². The summed E-state index contributed by atoms with van der Waals surface area (Å²) in [6.45, 7) is 2.58. The number of hydrogen-bond acceptors (Lipinski definition) is 6. The Balaban J connectivity index is 1.56. The summed E-state index contributed by atoms with van der Waals surface area (Å²) in [6, 6.07) is 13.6. The van der Waals surface area contributed by atoms with Gasteiger partial charge in [-0.1, -0.05) is 29.8 Å². The van der Waals surface area contributed by atoms with E-state index in [4.69, 9.17) is 21.1 Å². The van der Waals surface area contributed by atoms with E-state index < -0.39 is 16.0 Å². The fourth-order valence-electron chi connectivity index (χ4n) is 3.73. The van der Waals surface area contributed by atoms with E-state index in [0.717, 1.165) is 18.5 Å². The smallest absolute Gasteiger partial charge is 0.338 e. The summed E-state index contributed by atoms with van der Waals surface area (Å²) in [5.41, 5.74) is 2.10. The molecule has 0 N–H and O–H groups in total. The Morgan fingerprint density at radius 2 is 1.82 bits per heavy atom. The Hall–Kier alpha value is -2.88. The van der Waals surface area contributed by atoms with Crippen LogP contribution in [-0.4, -0.2) is 48.7 Å². The summed E-state index contributed by atoms with van der Waals surface area (Å²) in [5, 5.41) is 4.78. The number of rotatable bonds is 7. The SMILES string of the molecule is COc1ccc(C(=O)OCc2c(C)nn(-c3ccccc3)c2Cl)cc1S(=O)(=O)N1CCCC1. The highest BCUT2D eigenvalue weighted by molar-refractivity contribution is 7.89. The normalized spacial score (nSPS) is 14.4. The standard InChI is InChI=1S/C23H24ClN3O5S/c1-16-19(22(24)27(25-16)18-8-4-3-5-9-18)15-32-23(28)17-10-11-20(31-2)21(14-17)33(29,30)26-12-6-7-13-26/h3-5,8-11,14H,6-7,12-13,15H2,1-2H3. The molecule has 2 heterocycles. The Labute approximate surface area is 197 Å². The van der Waals surface area contributed by atoms with Crippen molar-refractivity contribution in [1.29, 1.82) is 0 Å². The molecule has 1 aromatic heterocycles. The molecule has 4 rings (SSSR count). The maximum absolute atomic E-state index is 13.1. The molecule has 0 spiro atoms. The maximum Gasteiger partial charge on any atom is 0.338 e. The first-order chi connectivity index (χ1) is 15.8. The Morgan fingerprint density at radius 3 is 2.48 bits per heavy atom. The van der Waals surface area contributed by atoms with Gasteiger partial charge in [0.05, 0.1) is 24.1 Å². The molecule has 0 radical (unpaired) electrons. The summed E-state index contributed by atoms with van der Waals surface area (Å²) in [5.74, 6) is -0.486. The average Bonchev–Trinajstić information content (AvgIpc) is 3.47. The largest absolute Gasteiger partial charge is 0.495 e. The molecule has 0 unspecified atom stereocenters. The summed E-state index contributed by atoms with van der Waals surface area (Å²) in [6.07, 6.45) is 1.61. The van der Waals surface area contributed by atoms with Crippen molar-refractivity contribution >= 4 is 27.6 Å². The molecule has 33 heavy (non-hydrogen) atoms. The lowest BCUT2D eigenvalue weighted by Crippen LogP contribution is -2.28. The number of benzene rings is 2. The second-order valence-electron chi connectivity index (χ2n) is 7.66. The Kier molecular flexibility index (Phi) is 6.73. The van der Waals surface area contributed by atoms with Crippen LogP contribution in [0.4, 0.5) is 0 Å². The van der Waals surface area contributed by atoms with Gasteiger partial charge < -0.3 is 9.47 Å². The van der Waals surface area contributed by atoms with Gasteiger partial charge in [0.2, 0.25) is 10.0 Å². The van der Waals surface area contributed by atoms with E-state index in [2.05, 4.69) is 5.10 Å². The molecule has 1 saturated heterocycles. The molecule has 174 valence electrons. The molecule has 1 aliphatic heterocycles. The second-order valence-corrected chi connectivity index (χ2v) is 9.92. The Morgan fingerprint density at radius 1 is 1.12 bits per heavy atom. The van der Waals surface area contributed by atoms with Crippen LogP contribution in [0.1, 0.15) is 34.5 Å². The van der Waals surface area contributed by atoms with Gasteiger partial charge in [-0.05, 0) is 50.1 Å². The fraction of sp³-hybridized carbons (Fsp3) is 0.304. The van der Waals surface area contributed by atoms with Crippen LogP contribution < -0.4 is 4.74 Å². The third kappa shape index (κ3) is 4.62. The fourth-order valence-corrected chi connectivity index (χ4v) is 5.75. The van der Waals surface area contributed by atoms with Crippen molar-refractivity contribution in [2.75, 3.05) is 20.2 Å². The van der Waals surface area contributed by atoms with E-state index in [1.807, 2.05) is 30.3 Å². The number of methoxy groups -OCH3 is 1. The molecule has 2 aromatic carbocycles. The molecule has 0 saturated carbocycles. The molecule has 0 amide bonds. The third-order valence-electron chi connectivity index (χ3n) is 5.55. The predicted molar refractivity (Wildman–Crippen MR) is 123 cm³/mol. The molecule has 3 aromatic rings. The van der Waals surface area contributed by atoms with Gasteiger partial charge in [0.1, 0.15) is 22.4 Å². The third-order valence-corrected chi connectivity index (χ3v) is 7.86. The highest BCUT2D eigenvalue weighted by Gasteiger charge is 2.31. The number of sulfonamides is 1. The van der Waals surface area contributed by atoms with Gasteiger partial charge in [0, 0.05) is 18.7 Å². The summed E-state index contributed by atoms with van der Waals surface area (Å²) in [7, 11) is -2.38. The topological polar surface area (TPSA) is 90.7 Å². The molecular formula is C23H24ClN3O5S. The van der Waals surface area contributed by atoms with Gasteiger partial charge in [-0.3, -0.25) is 0 Å². The zero-order chi connectivity index (χ0) is 23.6. The Bertz CT molecular complexity index is 1270. The number of aromatic nitrogens is 2. The van der Waals surface area contributed by atoms with E-state index in [1.54, 1.807) is 11.6 Å². The molecule has 0 aliphatic carbocycles. The lowest BCUT2D eigenvalue weighted by atomic mass is 10.2. The first-order valence-corrected chi connectivity index (χ1v) is 12.3. The number of carbonyl (C=O) groups is 1. The van der Waals surface area contributed by atoms with Gasteiger partial charge in [-0.2, -0.15) is 9.40 Å². The number of aryl methyl sites for hydroxylation is 1. The van der Waals surface area contributed by atoms with Crippen LogP contribution in [0.2, 0.25) is 5.15 Å². The number of carbonyl (C=O) groups excluding carboxylic acids is 1. The molecule has 8 nitrogen and oxygen atoms in total. The number of nitrogens with zero attached hydrogens (tertiary/aromatic N) is 3. The van der Waals surface area contributed by atoms with E-state index in [1.165, 1.54) is 29.6 Å². The van der Waals surface area contributed by atoms with Crippen LogP contribution in [0.5, 0.6) is 5.75 Å². The van der Waals surface area contributed by atoms with Gasteiger partial charge in [0.15, 0.2) is 0 Å². The van der Waals surface area contributed by atoms with Gasteiger partial charge >= 0.3 is 5.97 Å². The molecule has 1 aliphatic rings. The molecule has 0 atom stereocenters. The van der Waals surface area contributed by atoms with Crippen molar-refractivity contribution in [1.82, 2.24) is 14.1 Å². The zero-order valence-corrected chi connectivity index (χ0v) is 19.9. The van der Waals surface area contributed by atoms with Gasteiger partial charge in [-0.25, -0.2) is 17.9 Å². The van der Waals surface area contributed by atoms with E-state index in [0.29, 0.717) is 29.5 Å². The summed E-state index contributed by atoms with van der Waals surface area (Å²) >= 11 is 6.50. The van der Waals surface area contributed by atoms with Crippen LogP contribution in [0.3, 0.4) is 0 Å². The zero-order valence-electron chi connectivity index (χ0n) is 18.3. The number of para-hydroxylation sites is 1. The van der Waals surface area contributed by atoms with E-state index >= 15 is 0 Å². The summed E-state index contributed by atoms with van der Waals surface area (Å²) in [4.78, 5) is 12.7. The minimum atomic E-state index is -3.78.